The predicted octanol–water partition coefficient (Wildman–Crippen LogP) is 1.32. The minimum absolute atomic E-state index is 0.294. The highest BCUT2D eigenvalue weighted by Crippen LogP contribution is 2.19. The second kappa shape index (κ2) is 11.5. The normalized spacial score (nSPS) is 15.4. The molecule has 1 aliphatic rings. The molecule has 1 amide bonds. The van der Waals surface area contributed by atoms with Gasteiger partial charge in [0.25, 0.3) is 0 Å². The molecule has 2 rings (SSSR count). The number of anilines is 1. The molecule has 0 atom stereocenters. The molecule has 0 aliphatic carbocycles. The van der Waals surface area contributed by atoms with Gasteiger partial charge in [-0.2, -0.15) is 0 Å². The smallest absolute Gasteiger partial charge is 0.246 e. The summed E-state index contributed by atoms with van der Waals surface area (Å²) in [6, 6.07) is 1.71. The number of ether oxygens (including phenoxy) is 1. The van der Waals surface area contributed by atoms with Crippen molar-refractivity contribution in [2.24, 2.45) is 4.99 Å². The van der Waals surface area contributed by atoms with E-state index >= 15 is 0 Å². The van der Waals surface area contributed by atoms with E-state index in [0.29, 0.717) is 19.0 Å². The lowest BCUT2D eigenvalue weighted by Gasteiger charge is -2.26. The number of hydrogen-bond donors (Lipinski definition) is 3. The Morgan fingerprint density at radius 3 is 2.64 bits per heavy atom. The summed E-state index contributed by atoms with van der Waals surface area (Å²) < 4.78 is 45.0. The SMILES string of the molecule is CCNC(=NCC(=O)Nc1ccc(F)c(F)c1F)NCCCN1CCOCC1. The number of morpholine rings is 1. The Labute approximate surface area is 162 Å². The van der Waals surface area contributed by atoms with E-state index in [2.05, 4.69) is 25.8 Å². The van der Waals surface area contributed by atoms with Gasteiger partial charge in [0, 0.05) is 26.2 Å². The lowest BCUT2D eigenvalue weighted by atomic mass is 10.3. The van der Waals surface area contributed by atoms with Gasteiger partial charge in [0.1, 0.15) is 6.54 Å². The molecule has 1 fully saturated rings. The van der Waals surface area contributed by atoms with E-state index in [9.17, 15) is 18.0 Å². The van der Waals surface area contributed by atoms with E-state index in [0.717, 1.165) is 51.4 Å². The molecule has 1 aromatic carbocycles. The highest BCUT2D eigenvalue weighted by molar-refractivity contribution is 5.94. The van der Waals surface area contributed by atoms with Gasteiger partial charge in [-0.25, -0.2) is 18.2 Å². The average Bonchev–Trinajstić information content (AvgIpc) is 2.70. The molecule has 7 nitrogen and oxygen atoms in total. The molecule has 1 aliphatic heterocycles. The number of guanidine groups is 1. The molecular weight excluding hydrogens is 375 g/mol. The number of halogens is 3. The quantitative estimate of drug-likeness (QED) is 0.265. The molecule has 1 aromatic rings. The van der Waals surface area contributed by atoms with Gasteiger partial charge >= 0.3 is 0 Å². The highest BCUT2D eigenvalue weighted by Gasteiger charge is 2.15. The van der Waals surface area contributed by atoms with Gasteiger partial charge in [0.05, 0.1) is 18.9 Å². The van der Waals surface area contributed by atoms with Gasteiger partial charge in [-0.15, -0.1) is 0 Å². The zero-order valence-electron chi connectivity index (χ0n) is 15.9. The van der Waals surface area contributed by atoms with Crippen LogP contribution >= 0.6 is 0 Å². The highest BCUT2D eigenvalue weighted by atomic mass is 19.2. The second-order valence-electron chi connectivity index (χ2n) is 6.20. The third-order valence-electron chi connectivity index (χ3n) is 4.08. The number of nitrogens with zero attached hydrogens (tertiary/aromatic N) is 2. The first kappa shape index (κ1) is 22.0. The summed E-state index contributed by atoms with van der Waals surface area (Å²) in [6.07, 6.45) is 0.899. The standard InChI is InChI=1S/C18H26F3N5O2/c1-2-22-18(23-6-3-7-26-8-10-28-11-9-26)24-12-15(27)25-14-5-4-13(19)16(20)17(14)21/h4-5H,2-3,6-12H2,1H3,(H,25,27)(H2,22,23,24). The van der Waals surface area contributed by atoms with Gasteiger partial charge in [0.15, 0.2) is 23.4 Å². The monoisotopic (exact) mass is 401 g/mol. The first-order chi connectivity index (χ1) is 13.5. The third-order valence-corrected chi connectivity index (χ3v) is 4.08. The van der Waals surface area contributed by atoms with E-state index in [4.69, 9.17) is 4.74 Å². The van der Waals surface area contributed by atoms with Crippen LogP contribution in [0, 0.1) is 17.5 Å². The molecule has 10 heteroatoms. The number of benzene rings is 1. The number of aliphatic imine (C=N–C) groups is 1. The van der Waals surface area contributed by atoms with Gasteiger partial charge < -0.3 is 20.7 Å². The molecule has 0 radical (unpaired) electrons. The van der Waals surface area contributed by atoms with Crippen LogP contribution in [0.4, 0.5) is 18.9 Å². The minimum atomic E-state index is -1.63. The summed E-state index contributed by atoms with van der Waals surface area (Å²) in [4.78, 5) is 18.4. The minimum Gasteiger partial charge on any atom is -0.379 e. The Kier molecular flexibility index (Phi) is 9.02. The Morgan fingerprint density at radius 1 is 1.18 bits per heavy atom. The van der Waals surface area contributed by atoms with E-state index in [1.165, 1.54) is 0 Å². The Morgan fingerprint density at radius 2 is 1.93 bits per heavy atom. The summed E-state index contributed by atoms with van der Waals surface area (Å²) in [5, 5.41) is 8.32. The maximum Gasteiger partial charge on any atom is 0.246 e. The zero-order chi connectivity index (χ0) is 20.4. The van der Waals surface area contributed by atoms with Crippen molar-refractivity contribution in [2.45, 2.75) is 13.3 Å². The number of carbonyl (C=O) groups is 1. The maximum atomic E-state index is 13.6. The number of rotatable bonds is 8. The molecule has 0 spiro atoms. The molecule has 3 N–H and O–H groups in total. The molecule has 0 unspecified atom stereocenters. The average molecular weight is 401 g/mol. The summed E-state index contributed by atoms with van der Waals surface area (Å²) in [5.74, 6) is -4.58. The molecule has 28 heavy (non-hydrogen) atoms. The van der Waals surface area contributed by atoms with E-state index in [1.54, 1.807) is 0 Å². The number of carbonyl (C=O) groups excluding carboxylic acids is 1. The van der Waals surface area contributed by atoms with Gasteiger partial charge in [-0.3, -0.25) is 9.69 Å². The van der Waals surface area contributed by atoms with Crippen molar-refractivity contribution in [3.8, 4) is 0 Å². The van der Waals surface area contributed by atoms with Crippen molar-refractivity contribution < 1.29 is 22.7 Å². The number of amides is 1. The van der Waals surface area contributed by atoms with Crippen molar-refractivity contribution in [1.29, 1.82) is 0 Å². The largest absolute Gasteiger partial charge is 0.379 e. The number of hydrogen-bond acceptors (Lipinski definition) is 4. The molecular formula is C18H26F3N5O2. The molecule has 1 saturated heterocycles. The lowest BCUT2D eigenvalue weighted by Crippen LogP contribution is -2.41. The summed E-state index contributed by atoms with van der Waals surface area (Å²) >= 11 is 0. The first-order valence-corrected chi connectivity index (χ1v) is 9.27. The predicted molar refractivity (Wildman–Crippen MR) is 101 cm³/mol. The summed E-state index contributed by atoms with van der Waals surface area (Å²) in [5.41, 5.74) is -0.428. The van der Waals surface area contributed by atoms with Crippen LogP contribution in [-0.2, 0) is 9.53 Å². The second-order valence-corrected chi connectivity index (χ2v) is 6.20. The van der Waals surface area contributed by atoms with Crippen LogP contribution in [0.2, 0.25) is 0 Å². The van der Waals surface area contributed by atoms with Crippen LogP contribution in [0.3, 0.4) is 0 Å². The topological polar surface area (TPSA) is 78.0 Å². The molecule has 1 heterocycles. The van der Waals surface area contributed by atoms with Crippen LogP contribution in [0.5, 0.6) is 0 Å². The van der Waals surface area contributed by atoms with Gasteiger partial charge in [-0.05, 0) is 32.0 Å². The molecule has 156 valence electrons. The maximum absolute atomic E-state index is 13.6. The number of nitrogens with one attached hydrogen (secondary N) is 3. The zero-order valence-corrected chi connectivity index (χ0v) is 15.9. The van der Waals surface area contributed by atoms with Crippen LogP contribution in [0.15, 0.2) is 17.1 Å². The fourth-order valence-corrected chi connectivity index (χ4v) is 2.64. The van der Waals surface area contributed by atoms with Crippen LogP contribution < -0.4 is 16.0 Å². The summed E-state index contributed by atoms with van der Waals surface area (Å²) in [7, 11) is 0. The van der Waals surface area contributed by atoms with Crippen LogP contribution in [0.25, 0.3) is 0 Å². The van der Waals surface area contributed by atoms with E-state index in [1.807, 2.05) is 6.92 Å². The Balaban J connectivity index is 1.78. The molecule has 0 aromatic heterocycles. The van der Waals surface area contributed by atoms with Gasteiger partial charge in [-0.1, -0.05) is 0 Å². The Hall–Kier alpha value is -2.33. The Bertz CT molecular complexity index is 681. The van der Waals surface area contributed by atoms with E-state index in [-0.39, 0.29) is 6.54 Å². The molecule has 0 saturated carbocycles. The van der Waals surface area contributed by atoms with Crippen LogP contribution in [-0.4, -0.2) is 69.2 Å². The fraction of sp³-hybridized carbons (Fsp3) is 0.556. The third kappa shape index (κ3) is 7.01. The molecule has 0 bridgehead atoms. The van der Waals surface area contributed by atoms with Crippen molar-refractivity contribution in [1.82, 2.24) is 15.5 Å². The van der Waals surface area contributed by atoms with Crippen molar-refractivity contribution >= 4 is 17.6 Å². The summed E-state index contributed by atoms with van der Waals surface area (Å²) in [6.45, 7) is 7.17. The van der Waals surface area contributed by atoms with Crippen molar-refractivity contribution in [3.05, 3.63) is 29.6 Å². The lowest BCUT2D eigenvalue weighted by molar-refractivity contribution is -0.114. The van der Waals surface area contributed by atoms with E-state index < -0.39 is 29.0 Å². The van der Waals surface area contributed by atoms with Crippen molar-refractivity contribution in [2.75, 3.05) is 57.8 Å². The van der Waals surface area contributed by atoms with Gasteiger partial charge in [0.2, 0.25) is 5.91 Å². The van der Waals surface area contributed by atoms with Crippen LogP contribution in [0.1, 0.15) is 13.3 Å². The first-order valence-electron chi connectivity index (χ1n) is 9.27. The fourth-order valence-electron chi connectivity index (χ4n) is 2.64. The van der Waals surface area contributed by atoms with Crippen molar-refractivity contribution in [3.63, 3.8) is 0 Å².